The molecule has 1 fully saturated rings. The van der Waals surface area contributed by atoms with E-state index >= 15 is 0 Å². The second-order valence-corrected chi connectivity index (χ2v) is 6.13. The van der Waals surface area contributed by atoms with Gasteiger partial charge in [0.05, 0.1) is 5.69 Å². The van der Waals surface area contributed by atoms with Crippen LogP contribution >= 0.6 is 24.0 Å². The Hall–Kier alpha value is -1.53. The Balaban J connectivity index is 1.81. The molecule has 0 bridgehead atoms. The fourth-order valence-electron chi connectivity index (χ4n) is 2.39. The second-order valence-electron chi connectivity index (χ2n) is 4.87. The average molecular weight is 305 g/mol. The summed E-state index contributed by atoms with van der Waals surface area (Å²) in [5, 5.41) is 2.50. The Morgan fingerprint density at radius 1 is 1.40 bits per heavy atom. The number of amides is 1. The van der Waals surface area contributed by atoms with E-state index in [0.29, 0.717) is 17.5 Å². The van der Waals surface area contributed by atoms with Crippen LogP contribution in [0.5, 0.6) is 0 Å². The third kappa shape index (κ3) is 2.53. The highest BCUT2D eigenvalue weighted by atomic mass is 32.1. The number of carbonyl (C=O) groups is 1. The van der Waals surface area contributed by atoms with Gasteiger partial charge in [0.1, 0.15) is 0 Å². The first-order valence-corrected chi connectivity index (χ1v) is 7.91. The van der Waals surface area contributed by atoms with Crippen molar-refractivity contribution in [2.45, 2.75) is 6.42 Å². The smallest absolute Gasteiger partial charge is 0.227 e. The zero-order valence-electron chi connectivity index (χ0n) is 10.8. The summed E-state index contributed by atoms with van der Waals surface area (Å²) in [6.45, 7) is 0.755. The minimum Gasteiger partial charge on any atom is -0.375 e. The number of aromatic nitrogens is 1. The first kappa shape index (κ1) is 13.5. The molecule has 3 rings (SSSR count). The molecule has 6 heteroatoms. The van der Waals surface area contributed by atoms with Crippen molar-refractivity contribution < 1.29 is 4.79 Å². The van der Waals surface area contributed by atoms with Crippen molar-refractivity contribution in [3.05, 3.63) is 29.6 Å². The molecule has 1 saturated heterocycles. The topological polar surface area (TPSA) is 59.2 Å². The molecule has 0 saturated carbocycles. The van der Waals surface area contributed by atoms with E-state index in [0.717, 1.165) is 29.2 Å². The molecule has 1 unspecified atom stereocenters. The lowest BCUT2D eigenvalue weighted by atomic mass is 10.1. The van der Waals surface area contributed by atoms with Crippen LogP contribution in [0.1, 0.15) is 6.42 Å². The van der Waals surface area contributed by atoms with Gasteiger partial charge in [0.25, 0.3) is 0 Å². The van der Waals surface area contributed by atoms with E-state index in [1.54, 1.807) is 0 Å². The van der Waals surface area contributed by atoms with E-state index in [4.69, 9.17) is 5.73 Å². The summed E-state index contributed by atoms with van der Waals surface area (Å²) >= 11 is 5.70. The van der Waals surface area contributed by atoms with Crippen molar-refractivity contribution in [1.29, 1.82) is 0 Å². The standard InChI is InChI=1S/C14H15N3OS2/c15-14-16-12(8-20-14)10-1-3-11(4-2-10)17-6-9(7-19)5-13(17)18/h1-4,8-9,19H,5-7H2,(H2,15,16). The van der Waals surface area contributed by atoms with Gasteiger partial charge in [-0.2, -0.15) is 12.6 Å². The highest BCUT2D eigenvalue weighted by Crippen LogP contribution is 2.29. The van der Waals surface area contributed by atoms with Gasteiger partial charge in [0.2, 0.25) is 5.91 Å². The lowest BCUT2D eigenvalue weighted by molar-refractivity contribution is -0.117. The predicted molar refractivity (Wildman–Crippen MR) is 86.3 cm³/mol. The van der Waals surface area contributed by atoms with Crippen molar-refractivity contribution in [3.63, 3.8) is 0 Å². The van der Waals surface area contributed by atoms with Crippen molar-refractivity contribution in [2.24, 2.45) is 5.92 Å². The van der Waals surface area contributed by atoms with Crippen LogP contribution in [0.3, 0.4) is 0 Å². The van der Waals surface area contributed by atoms with E-state index in [9.17, 15) is 4.79 Å². The minimum absolute atomic E-state index is 0.176. The quantitative estimate of drug-likeness (QED) is 0.857. The Bertz CT molecular complexity index is 624. The number of hydrogen-bond acceptors (Lipinski definition) is 5. The second kappa shape index (κ2) is 5.46. The number of nitrogens with two attached hydrogens (primary N) is 1. The normalized spacial score (nSPS) is 18.8. The van der Waals surface area contributed by atoms with Crippen LogP contribution < -0.4 is 10.6 Å². The molecule has 1 amide bonds. The van der Waals surface area contributed by atoms with E-state index in [1.165, 1.54) is 11.3 Å². The molecule has 0 spiro atoms. The van der Waals surface area contributed by atoms with Crippen LogP contribution in [0.25, 0.3) is 11.3 Å². The number of nitrogen functional groups attached to an aromatic ring is 1. The molecule has 2 heterocycles. The first-order valence-electron chi connectivity index (χ1n) is 6.40. The molecule has 2 N–H and O–H groups in total. The number of rotatable bonds is 3. The summed E-state index contributed by atoms with van der Waals surface area (Å²) in [7, 11) is 0. The monoisotopic (exact) mass is 305 g/mol. The van der Waals surface area contributed by atoms with Gasteiger partial charge in [-0.1, -0.05) is 12.1 Å². The highest BCUT2D eigenvalue weighted by Gasteiger charge is 2.29. The SMILES string of the molecule is Nc1nc(-c2ccc(N3CC(CS)CC3=O)cc2)cs1. The van der Waals surface area contributed by atoms with Gasteiger partial charge in [0, 0.05) is 29.6 Å². The van der Waals surface area contributed by atoms with Crippen LogP contribution in [0.2, 0.25) is 0 Å². The van der Waals surface area contributed by atoms with Crippen molar-refractivity contribution in [1.82, 2.24) is 4.98 Å². The van der Waals surface area contributed by atoms with E-state index in [-0.39, 0.29) is 5.91 Å². The fourth-order valence-corrected chi connectivity index (χ4v) is 3.20. The molecule has 0 aliphatic carbocycles. The molecule has 20 heavy (non-hydrogen) atoms. The van der Waals surface area contributed by atoms with Gasteiger partial charge in [-0.15, -0.1) is 11.3 Å². The maximum absolute atomic E-state index is 12.0. The molecule has 2 aromatic rings. The van der Waals surface area contributed by atoms with Crippen molar-refractivity contribution in [2.75, 3.05) is 22.9 Å². The zero-order chi connectivity index (χ0) is 14.1. The molecule has 4 nitrogen and oxygen atoms in total. The van der Waals surface area contributed by atoms with Crippen LogP contribution in [0.4, 0.5) is 10.8 Å². The highest BCUT2D eigenvalue weighted by molar-refractivity contribution is 7.80. The molecule has 1 aliphatic rings. The van der Waals surface area contributed by atoms with Gasteiger partial charge in [-0.3, -0.25) is 4.79 Å². The molecular formula is C14H15N3OS2. The van der Waals surface area contributed by atoms with Crippen LogP contribution in [-0.4, -0.2) is 23.2 Å². The summed E-state index contributed by atoms with van der Waals surface area (Å²) < 4.78 is 0. The van der Waals surface area contributed by atoms with E-state index in [1.807, 2.05) is 34.5 Å². The van der Waals surface area contributed by atoms with Gasteiger partial charge >= 0.3 is 0 Å². The van der Waals surface area contributed by atoms with E-state index in [2.05, 4.69) is 17.6 Å². The minimum atomic E-state index is 0.176. The summed E-state index contributed by atoms with van der Waals surface area (Å²) in [6, 6.07) is 7.88. The van der Waals surface area contributed by atoms with Gasteiger partial charge in [0.15, 0.2) is 5.13 Å². The number of carbonyl (C=O) groups excluding carboxylic acids is 1. The number of thiol groups is 1. The number of thiazole rings is 1. The lowest BCUT2D eigenvalue weighted by Gasteiger charge is -2.16. The van der Waals surface area contributed by atoms with Crippen molar-refractivity contribution in [3.8, 4) is 11.3 Å². The Labute approximate surface area is 127 Å². The lowest BCUT2D eigenvalue weighted by Crippen LogP contribution is -2.24. The molecule has 104 valence electrons. The molecular weight excluding hydrogens is 290 g/mol. The zero-order valence-corrected chi connectivity index (χ0v) is 12.5. The van der Waals surface area contributed by atoms with Crippen LogP contribution in [0, 0.1) is 5.92 Å². The summed E-state index contributed by atoms with van der Waals surface area (Å²) in [5.74, 6) is 1.27. The summed E-state index contributed by atoms with van der Waals surface area (Å²) in [4.78, 5) is 18.1. The predicted octanol–water partition coefficient (Wildman–Crippen LogP) is 2.68. The number of anilines is 2. The Morgan fingerprint density at radius 2 is 2.15 bits per heavy atom. The van der Waals surface area contributed by atoms with Crippen LogP contribution in [-0.2, 0) is 4.79 Å². The molecule has 1 aromatic heterocycles. The van der Waals surface area contributed by atoms with Crippen LogP contribution in [0.15, 0.2) is 29.6 Å². The number of benzene rings is 1. The van der Waals surface area contributed by atoms with Crippen molar-refractivity contribution >= 4 is 40.7 Å². The molecule has 1 atom stereocenters. The van der Waals surface area contributed by atoms with E-state index < -0.39 is 0 Å². The average Bonchev–Trinajstić information content (AvgIpc) is 3.05. The first-order chi connectivity index (χ1) is 9.67. The molecule has 1 aliphatic heterocycles. The summed E-state index contributed by atoms with van der Waals surface area (Å²) in [5.41, 5.74) is 8.47. The fraction of sp³-hybridized carbons (Fsp3) is 0.286. The number of hydrogen-bond donors (Lipinski definition) is 2. The maximum Gasteiger partial charge on any atom is 0.227 e. The van der Waals surface area contributed by atoms with Gasteiger partial charge < -0.3 is 10.6 Å². The maximum atomic E-state index is 12.0. The third-order valence-electron chi connectivity index (χ3n) is 3.46. The Kier molecular flexibility index (Phi) is 3.67. The summed E-state index contributed by atoms with van der Waals surface area (Å²) in [6.07, 6.45) is 0.591. The van der Waals surface area contributed by atoms with Gasteiger partial charge in [-0.05, 0) is 23.8 Å². The largest absolute Gasteiger partial charge is 0.375 e. The molecule has 0 radical (unpaired) electrons. The number of nitrogens with zero attached hydrogens (tertiary/aromatic N) is 2. The van der Waals surface area contributed by atoms with Gasteiger partial charge in [-0.25, -0.2) is 4.98 Å². The third-order valence-corrected chi connectivity index (χ3v) is 4.65. The Morgan fingerprint density at radius 3 is 2.70 bits per heavy atom. The molecule has 1 aromatic carbocycles.